The molecule has 3 nitrogen and oxygen atoms in total. The number of thiophene rings is 1. The van der Waals surface area contributed by atoms with Crippen LogP contribution in [0.1, 0.15) is 9.75 Å². The molecule has 2 aromatic rings. The maximum absolute atomic E-state index is 4.16. The van der Waals surface area contributed by atoms with Crippen LogP contribution in [0.4, 0.5) is 0 Å². The van der Waals surface area contributed by atoms with Crippen LogP contribution in [-0.4, -0.2) is 22.3 Å². The van der Waals surface area contributed by atoms with E-state index in [9.17, 15) is 0 Å². The first-order valence-corrected chi connectivity index (χ1v) is 7.03. The number of aromatic amines is 1. The molecule has 0 atom stereocenters. The number of imidazole rings is 1. The topological polar surface area (TPSA) is 40.7 Å². The Balaban J connectivity index is 1.59. The van der Waals surface area contributed by atoms with Gasteiger partial charge in [0.25, 0.3) is 0 Å². The summed E-state index contributed by atoms with van der Waals surface area (Å²) in [4.78, 5) is 10.0. The van der Waals surface area contributed by atoms with Crippen molar-refractivity contribution in [3.8, 4) is 0 Å². The highest BCUT2D eigenvalue weighted by atomic mass is 32.2. The highest BCUT2D eigenvalue weighted by molar-refractivity contribution is 7.99. The van der Waals surface area contributed by atoms with Crippen LogP contribution in [0.15, 0.2) is 29.7 Å². The van der Waals surface area contributed by atoms with Gasteiger partial charge in [-0.15, -0.1) is 11.3 Å². The molecule has 0 aromatic carbocycles. The Morgan fingerprint density at radius 3 is 3.12 bits per heavy atom. The van der Waals surface area contributed by atoms with Crippen LogP contribution >= 0.6 is 23.1 Å². The Bertz CT molecular complexity index is 409. The molecule has 0 aliphatic rings. The zero-order valence-electron chi connectivity index (χ0n) is 9.19. The second kappa shape index (κ2) is 6.08. The summed E-state index contributed by atoms with van der Waals surface area (Å²) in [5.74, 6) is 1.04. The quantitative estimate of drug-likeness (QED) is 0.614. The van der Waals surface area contributed by atoms with Gasteiger partial charge in [0.05, 0.1) is 0 Å². The molecule has 0 bridgehead atoms. The van der Waals surface area contributed by atoms with E-state index in [0.717, 1.165) is 24.0 Å². The molecule has 86 valence electrons. The van der Waals surface area contributed by atoms with Gasteiger partial charge >= 0.3 is 0 Å². The number of rotatable bonds is 6. The largest absolute Gasteiger partial charge is 0.340 e. The Hall–Kier alpha value is -0.780. The Morgan fingerprint density at radius 1 is 1.50 bits per heavy atom. The van der Waals surface area contributed by atoms with Crippen molar-refractivity contribution in [3.05, 3.63) is 34.3 Å². The van der Waals surface area contributed by atoms with Crippen LogP contribution in [0.3, 0.4) is 0 Å². The minimum Gasteiger partial charge on any atom is -0.340 e. The number of hydrogen-bond acceptors (Lipinski definition) is 4. The maximum atomic E-state index is 4.16. The number of thioether (sulfide) groups is 1. The average molecular weight is 253 g/mol. The zero-order valence-corrected chi connectivity index (χ0v) is 10.8. The lowest BCUT2D eigenvalue weighted by Gasteiger charge is -2.01. The van der Waals surface area contributed by atoms with Crippen molar-refractivity contribution in [1.29, 1.82) is 0 Å². The molecule has 0 spiro atoms. The Morgan fingerprint density at radius 2 is 2.44 bits per heavy atom. The lowest BCUT2D eigenvalue weighted by molar-refractivity contribution is 0.740. The fourth-order valence-corrected chi connectivity index (χ4v) is 2.93. The molecule has 16 heavy (non-hydrogen) atoms. The summed E-state index contributed by atoms with van der Waals surface area (Å²) in [6.07, 6.45) is 3.63. The van der Waals surface area contributed by atoms with Gasteiger partial charge in [-0.25, -0.2) is 4.98 Å². The van der Waals surface area contributed by atoms with Crippen molar-refractivity contribution in [3.63, 3.8) is 0 Å². The van der Waals surface area contributed by atoms with Crippen molar-refractivity contribution < 1.29 is 0 Å². The first-order valence-electron chi connectivity index (χ1n) is 5.23. The zero-order chi connectivity index (χ0) is 11.2. The van der Waals surface area contributed by atoms with E-state index in [1.807, 2.05) is 17.5 Å². The van der Waals surface area contributed by atoms with E-state index in [-0.39, 0.29) is 0 Å². The number of aromatic nitrogens is 2. The van der Waals surface area contributed by atoms with Crippen LogP contribution < -0.4 is 5.32 Å². The molecular weight excluding hydrogens is 238 g/mol. The monoisotopic (exact) mass is 253 g/mol. The molecule has 2 rings (SSSR count). The van der Waals surface area contributed by atoms with Gasteiger partial charge in [0.2, 0.25) is 0 Å². The lowest BCUT2D eigenvalue weighted by Crippen LogP contribution is -2.15. The minimum atomic E-state index is 0.969. The highest BCUT2D eigenvalue weighted by Gasteiger charge is 1.97. The summed E-state index contributed by atoms with van der Waals surface area (Å²) in [6.45, 7) is 4.11. The summed E-state index contributed by atoms with van der Waals surface area (Å²) < 4.78 is 0. The first kappa shape index (κ1) is 11.7. The third kappa shape index (κ3) is 3.66. The summed E-state index contributed by atoms with van der Waals surface area (Å²) in [7, 11) is 0. The normalized spacial score (nSPS) is 10.8. The van der Waals surface area contributed by atoms with E-state index in [1.165, 1.54) is 9.75 Å². The highest BCUT2D eigenvalue weighted by Crippen LogP contribution is 2.14. The summed E-state index contributed by atoms with van der Waals surface area (Å²) >= 11 is 3.60. The number of aryl methyl sites for hydroxylation is 1. The average Bonchev–Trinajstić information content (AvgIpc) is 2.89. The molecule has 5 heteroatoms. The van der Waals surface area contributed by atoms with Gasteiger partial charge in [0, 0.05) is 41.0 Å². The third-order valence-corrected chi connectivity index (χ3v) is 3.99. The second-order valence-corrected chi connectivity index (χ2v) is 5.89. The molecule has 2 heterocycles. The van der Waals surface area contributed by atoms with Gasteiger partial charge in [-0.3, -0.25) is 0 Å². The molecule has 0 radical (unpaired) electrons. The van der Waals surface area contributed by atoms with Crippen molar-refractivity contribution in [2.75, 3.05) is 12.3 Å². The molecule has 2 N–H and O–H groups in total. The van der Waals surface area contributed by atoms with Crippen molar-refractivity contribution >= 4 is 23.1 Å². The van der Waals surface area contributed by atoms with Crippen LogP contribution in [0.5, 0.6) is 0 Å². The van der Waals surface area contributed by atoms with Crippen molar-refractivity contribution in [2.24, 2.45) is 0 Å². The molecule has 0 aliphatic heterocycles. The summed E-state index contributed by atoms with van der Waals surface area (Å²) in [6, 6.07) is 4.35. The first-order chi connectivity index (χ1) is 7.84. The van der Waals surface area contributed by atoms with E-state index >= 15 is 0 Å². The van der Waals surface area contributed by atoms with E-state index in [0.29, 0.717) is 0 Å². The van der Waals surface area contributed by atoms with Gasteiger partial charge in [-0.2, -0.15) is 0 Å². The molecule has 0 saturated heterocycles. The second-order valence-electron chi connectivity index (χ2n) is 3.43. The fraction of sp³-hybridized carbons (Fsp3) is 0.364. The molecular formula is C11H15N3S2. The van der Waals surface area contributed by atoms with E-state index in [4.69, 9.17) is 0 Å². The molecule has 0 amide bonds. The van der Waals surface area contributed by atoms with Crippen molar-refractivity contribution in [1.82, 2.24) is 15.3 Å². The van der Waals surface area contributed by atoms with Gasteiger partial charge in [-0.05, 0) is 19.1 Å². The molecule has 2 aromatic heterocycles. The van der Waals surface area contributed by atoms with Gasteiger partial charge in [0.15, 0.2) is 5.16 Å². The van der Waals surface area contributed by atoms with Gasteiger partial charge in [-0.1, -0.05) is 11.8 Å². The van der Waals surface area contributed by atoms with Gasteiger partial charge < -0.3 is 10.3 Å². The van der Waals surface area contributed by atoms with E-state index in [1.54, 1.807) is 18.0 Å². The standard InChI is InChI=1S/C11H15N3S2/c1-9-2-3-10(16-9)8-12-6-7-15-11-13-4-5-14-11/h2-5,12H,6-8H2,1H3,(H,13,14). The molecule has 0 saturated carbocycles. The van der Waals surface area contributed by atoms with E-state index in [2.05, 4.69) is 34.3 Å². The van der Waals surface area contributed by atoms with E-state index < -0.39 is 0 Å². The molecule has 0 fully saturated rings. The van der Waals surface area contributed by atoms with Crippen LogP contribution in [0.25, 0.3) is 0 Å². The summed E-state index contributed by atoms with van der Waals surface area (Å²) in [5, 5.41) is 4.42. The number of hydrogen-bond donors (Lipinski definition) is 2. The number of H-pyrrole nitrogens is 1. The predicted octanol–water partition coefficient (Wildman–Crippen LogP) is 2.66. The third-order valence-electron chi connectivity index (χ3n) is 2.09. The Labute approximate surface area is 104 Å². The smallest absolute Gasteiger partial charge is 0.165 e. The van der Waals surface area contributed by atoms with Crippen LogP contribution in [0, 0.1) is 6.92 Å². The predicted molar refractivity (Wildman–Crippen MR) is 70.1 cm³/mol. The van der Waals surface area contributed by atoms with Gasteiger partial charge in [0.1, 0.15) is 0 Å². The molecule has 0 aliphatic carbocycles. The SMILES string of the molecule is Cc1ccc(CNCCSc2ncc[nH]2)s1. The fourth-order valence-electron chi connectivity index (χ4n) is 1.34. The van der Waals surface area contributed by atoms with Crippen molar-refractivity contribution in [2.45, 2.75) is 18.6 Å². The Kier molecular flexibility index (Phi) is 4.44. The molecule has 0 unspecified atom stereocenters. The van der Waals surface area contributed by atoms with Crippen LogP contribution in [0.2, 0.25) is 0 Å². The minimum absolute atomic E-state index is 0.969. The number of nitrogens with one attached hydrogen (secondary N) is 2. The number of nitrogens with zero attached hydrogens (tertiary/aromatic N) is 1. The maximum Gasteiger partial charge on any atom is 0.165 e. The summed E-state index contributed by atoms with van der Waals surface area (Å²) in [5.41, 5.74) is 0. The van der Waals surface area contributed by atoms with Crippen LogP contribution in [-0.2, 0) is 6.54 Å². The lowest BCUT2D eigenvalue weighted by atomic mass is 10.4.